The molecule has 2 atom stereocenters. The first kappa shape index (κ1) is 16.2. The highest BCUT2D eigenvalue weighted by Gasteiger charge is 2.23. The van der Waals surface area contributed by atoms with E-state index in [1.807, 2.05) is 11.3 Å². The van der Waals surface area contributed by atoms with Gasteiger partial charge in [-0.25, -0.2) is 0 Å². The van der Waals surface area contributed by atoms with Crippen LogP contribution in [-0.4, -0.2) is 6.54 Å². The monoisotopic (exact) mass is 331 g/mol. The van der Waals surface area contributed by atoms with E-state index in [1.165, 1.54) is 41.5 Å². The van der Waals surface area contributed by atoms with Crippen LogP contribution in [0.15, 0.2) is 15.9 Å². The van der Waals surface area contributed by atoms with Gasteiger partial charge in [0, 0.05) is 15.4 Å². The summed E-state index contributed by atoms with van der Waals surface area (Å²) in [5, 5.41) is 5.94. The highest BCUT2D eigenvalue weighted by molar-refractivity contribution is 9.10. The van der Waals surface area contributed by atoms with Crippen LogP contribution in [0.5, 0.6) is 0 Å². The number of unbranched alkanes of at least 4 members (excludes halogenated alkanes) is 1. The lowest BCUT2D eigenvalue weighted by Gasteiger charge is -2.27. The van der Waals surface area contributed by atoms with E-state index < -0.39 is 0 Å². The molecule has 0 amide bonds. The Morgan fingerprint density at radius 2 is 2.06 bits per heavy atom. The number of nitrogens with one attached hydrogen (secondary N) is 1. The van der Waals surface area contributed by atoms with Gasteiger partial charge < -0.3 is 5.32 Å². The van der Waals surface area contributed by atoms with Crippen LogP contribution in [-0.2, 0) is 0 Å². The van der Waals surface area contributed by atoms with E-state index in [0.29, 0.717) is 6.04 Å². The fraction of sp³-hybridized carbons (Fsp3) is 0.733. The summed E-state index contributed by atoms with van der Waals surface area (Å²) in [4.78, 5) is 1.48. The third kappa shape index (κ3) is 4.67. The Balaban J connectivity index is 2.78. The maximum atomic E-state index is 3.75. The van der Waals surface area contributed by atoms with E-state index in [-0.39, 0.29) is 0 Å². The van der Waals surface area contributed by atoms with Gasteiger partial charge in [0.05, 0.1) is 0 Å². The van der Waals surface area contributed by atoms with E-state index in [4.69, 9.17) is 0 Å². The van der Waals surface area contributed by atoms with Gasteiger partial charge in [-0.15, -0.1) is 11.3 Å². The molecule has 0 aliphatic carbocycles. The summed E-state index contributed by atoms with van der Waals surface area (Å²) < 4.78 is 1.27. The lowest BCUT2D eigenvalue weighted by atomic mass is 9.90. The summed E-state index contributed by atoms with van der Waals surface area (Å²) in [5.74, 6) is 0.756. The molecule has 0 aliphatic heterocycles. The Hall–Kier alpha value is 0.140. The number of halogens is 1. The van der Waals surface area contributed by atoms with Crippen LogP contribution in [0, 0.1) is 5.92 Å². The van der Waals surface area contributed by atoms with Crippen molar-refractivity contribution in [2.75, 3.05) is 6.54 Å². The van der Waals surface area contributed by atoms with Crippen LogP contribution in [0.3, 0.4) is 0 Å². The fourth-order valence-corrected chi connectivity index (χ4v) is 4.16. The third-order valence-corrected chi connectivity index (χ3v) is 5.42. The molecule has 18 heavy (non-hydrogen) atoms. The molecule has 104 valence electrons. The highest BCUT2D eigenvalue weighted by atomic mass is 79.9. The first-order chi connectivity index (χ1) is 8.74. The highest BCUT2D eigenvalue weighted by Crippen LogP contribution is 2.36. The van der Waals surface area contributed by atoms with Crippen molar-refractivity contribution in [3.8, 4) is 0 Å². The van der Waals surface area contributed by atoms with Gasteiger partial charge in [-0.1, -0.05) is 40.0 Å². The molecule has 0 fully saturated rings. The van der Waals surface area contributed by atoms with Gasteiger partial charge in [0.25, 0.3) is 0 Å². The molecule has 0 saturated heterocycles. The first-order valence-corrected chi connectivity index (χ1v) is 8.88. The van der Waals surface area contributed by atoms with Crippen molar-refractivity contribution in [1.29, 1.82) is 0 Å². The van der Waals surface area contributed by atoms with Gasteiger partial charge in [0.15, 0.2) is 0 Å². The third-order valence-electron chi connectivity index (χ3n) is 3.47. The topological polar surface area (TPSA) is 12.0 Å². The Morgan fingerprint density at radius 1 is 1.28 bits per heavy atom. The molecule has 0 aromatic carbocycles. The fourth-order valence-electron chi connectivity index (χ4n) is 2.37. The summed E-state index contributed by atoms with van der Waals surface area (Å²) in [6.45, 7) is 7.95. The Morgan fingerprint density at radius 3 is 2.56 bits per heavy atom. The summed E-state index contributed by atoms with van der Waals surface area (Å²) >= 11 is 5.57. The van der Waals surface area contributed by atoms with Crippen molar-refractivity contribution in [3.63, 3.8) is 0 Å². The lowest BCUT2D eigenvalue weighted by molar-refractivity contribution is 0.327. The Kier molecular flexibility index (Phi) is 8.20. The molecule has 1 N–H and O–H groups in total. The second kappa shape index (κ2) is 9.11. The minimum Gasteiger partial charge on any atom is -0.309 e. The molecule has 1 heterocycles. The zero-order valence-corrected chi connectivity index (χ0v) is 14.2. The van der Waals surface area contributed by atoms with Gasteiger partial charge in [0.2, 0.25) is 0 Å². The lowest BCUT2D eigenvalue weighted by Crippen LogP contribution is -2.28. The van der Waals surface area contributed by atoms with Crippen LogP contribution >= 0.6 is 27.3 Å². The molecular weight excluding hydrogens is 306 g/mol. The van der Waals surface area contributed by atoms with Crippen LogP contribution in [0.2, 0.25) is 0 Å². The van der Waals surface area contributed by atoms with Gasteiger partial charge in [-0.2, -0.15) is 0 Å². The van der Waals surface area contributed by atoms with Gasteiger partial charge in [-0.3, -0.25) is 0 Å². The van der Waals surface area contributed by atoms with Gasteiger partial charge in [-0.05, 0) is 52.7 Å². The molecule has 0 saturated carbocycles. The molecule has 1 aromatic heterocycles. The van der Waals surface area contributed by atoms with E-state index in [0.717, 1.165) is 12.5 Å². The largest absolute Gasteiger partial charge is 0.309 e. The van der Waals surface area contributed by atoms with E-state index >= 15 is 0 Å². The van der Waals surface area contributed by atoms with Crippen molar-refractivity contribution in [2.45, 2.75) is 58.9 Å². The normalized spacial score (nSPS) is 14.7. The Labute approximate surface area is 125 Å². The SMILES string of the molecule is CCCCC(CC)C(NCCC)c1sccc1Br. The number of hydrogen-bond donors (Lipinski definition) is 1. The zero-order chi connectivity index (χ0) is 13.4. The summed E-state index contributed by atoms with van der Waals surface area (Å²) in [7, 11) is 0. The van der Waals surface area contributed by atoms with E-state index in [1.54, 1.807) is 0 Å². The molecule has 1 rings (SSSR count). The smallest absolute Gasteiger partial charge is 0.0454 e. The molecule has 0 aliphatic rings. The molecular formula is C15H26BrNS. The molecule has 1 nitrogen and oxygen atoms in total. The quantitative estimate of drug-likeness (QED) is 0.605. The van der Waals surface area contributed by atoms with E-state index in [9.17, 15) is 0 Å². The maximum Gasteiger partial charge on any atom is 0.0454 e. The zero-order valence-electron chi connectivity index (χ0n) is 11.8. The van der Waals surface area contributed by atoms with Gasteiger partial charge >= 0.3 is 0 Å². The van der Waals surface area contributed by atoms with Crippen LogP contribution < -0.4 is 5.32 Å². The second-order valence-corrected chi connectivity index (χ2v) is 6.68. The summed E-state index contributed by atoms with van der Waals surface area (Å²) in [6, 6.07) is 2.70. The summed E-state index contributed by atoms with van der Waals surface area (Å²) in [6.07, 6.45) is 6.42. The molecule has 0 bridgehead atoms. The van der Waals surface area contributed by atoms with Crippen LogP contribution in [0.1, 0.15) is 63.8 Å². The van der Waals surface area contributed by atoms with Crippen molar-refractivity contribution >= 4 is 27.3 Å². The maximum absolute atomic E-state index is 3.75. The van der Waals surface area contributed by atoms with Crippen LogP contribution in [0.4, 0.5) is 0 Å². The second-order valence-electron chi connectivity index (χ2n) is 4.88. The molecule has 1 aromatic rings. The van der Waals surface area contributed by atoms with Crippen molar-refractivity contribution < 1.29 is 0 Å². The number of thiophene rings is 1. The van der Waals surface area contributed by atoms with Gasteiger partial charge in [0.1, 0.15) is 0 Å². The Bertz CT molecular complexity index is 324. The minimum atomic E-state index is 0.524. The van der Waals surface area contributed by atoms with Crippen molar-refractivity contribution in [3.05, 3.63) is 20.8 Å². The van der Waals surface area contributed by atoms with E-state index in [2.05, 4.69) is 53.5 Å². The average molecular weight is 332 g/mol. The molecule has 0 spiro atoms. The molecule has 2 unspecified atom stereocenters. The van der Waals surface area contributed by atoms with Crippen molar-refractivity contribution in [1.82, 2.24) is 5.32 Å². The molecule has 0 radical (unpaired) electrons. The molecule has 3 heteroatoms. The minimum absolute atomic E-state index is 0.524. The first-order valence-electron chi connectivity index (χ1n) is 7.20. The number of hydrogen-bond acceptors (Lipinski definition) is 2. The average Bonchev–Trinajstić information content (AvgIpc) is 2.79. The predicted octanol–water partition coefficient (Wildman–Crippen LogP) is 5.77. The van der Waals surface area contributed by atoms with Crippen molar-refractivity contribution in [2.24, 2.45) is 5.92 Å². The standard InChI is InChI=1S/C15H26BrNS/c1-4-7-8-12(6-3)14(17-10-5-2)15-13(16)9-11-18-15/h9,11-12,14,17H,4-8,10H2,1-3H3. The summed E-state index contributed by atoms with van der Waals surface area (Å²) in [5.41, 5.74) is 0. The number of rotatable bonds is 9. The predicted molar refractivity (Wildman–Crippen MR) is 86.4 cm³/mol. The van der Waals surface area contributed by atoms with Crippen LogP contribution in [0.25, 0.3) is 0 Å².